The zero-order chi connectivity index (χ0) is 22.7. The van der Waals surface area contributed by atoms with Crippen molar-refractivity contribution in [3.63, 3.8) is 0 Å². The molecule has 0 atom stereocenters. The summed E-state index contributed by atoms with van der Waals surface area (Å²) in [5.41, 5.74) is 2.26. The molecule has 0 aliphatic carbocycles. The van der Waals surface area contributed by atoms with Gasteiger partial charge in [0.1, 0.15) is 0 Å². The molecule has 0 aliphatic rings. The summed E-state index contributed by atoms with van der Waals surface area (Å²) in [4.78, 5) is 24.5. The Hall–Kier alpha value is -4.46. The molecular weight excluding hydrogens is 411 g/mol. The number of ether oxygens (including phenoxy) is 1. The first-order valence-corrected chi connectivity index (χ1v) is 9.66. The second-order valence-corrected chi connectivity index (χ2v) is 6.85. The fourth-order valence-corrected chi connectivity index (χ4v) is 3.32. The topological polar surface area (TPSA) is 96.1 Å². The van der Waals surface area contributed by atoms with Crippen molar-refractivity contribution in [2.45, 2.75) is 0 Å². The zero-order valence-electron chi connectivity index (χ0n) is 17.1. The first-order chi connectivity index (χ1) is 15.5. The Morgan fingerprint density at radius 1 is 1.09 bits per heavy atom. The van der Waals surface area contributed by atoms with E-state index in [1.54, 1.807) is 60.7 Å². The lowest BCUT2D eigenvalue weighted by Gasteiger charge is -2.10. The molecule has 4 rings (SSSR count). The molecule has 0 saturated carbocycles. The van der Waals surface area contributed by atoms with Crippen molar-refractivity contribution in [1.29, 1.82) is 0 Å². The van der Waals surface area contributed by atoms with Gasteiger partial charge in [0.2, 0.25) is 5.91 Å². The van der Waals surface area contributed by atoms with Crippen molar-refractivity contribution >= 4 is 34.2 Å². The van der Waals surface area contributed by atoms with Crippen molar-refractivity contribution in [2.75, 3.05) is 17.7 Å². The lowest BCUT2D eigenvalue weighted by molar-refractivity contribution is -0.111. The molecule has 2 amide bonds. The highest BCUT2D eigenvalue weighted by atomic mass is 19.1. The smallest absolute Gasteiger partial charge is 0.258 e. The average molecular weight is 430 g/mol. The molecule has 1 aromatic heterocycles. The number of aromatic nitrogens is 2. The SMILES string of the molecule is C=CC(=O)Nc1ccccc1C(=O)Nc1n[nH]c2cc(-c3cccc(OC)c3F)ccc12. The number of nitrogens with one attached hydrogen (secondary N) is 3. The summed E-state index contributed by atoms with van der Waals surface area (Å²) in [5.74, 6) is -0.857. The molecule has 1 heterocycles. The predicted molar refractivity (Wildman–Crippen MR) is 121 cm³/mol. The molecule has 0 aliphatic heterocycles. The van der Waals surface area contributed by atoms with E-state index in [-0.39, 0.29) is 11.3 Å². The number of hydrogen-bond acceptors (Lipinski definition) is 4. The van der Waals surface area contributed by atoms with Crippen molar-refractivity contribution in [2.24, 2.45) is 0 Å². The highest BCUT2D eigenvalue weighted by Crippen LogP contribution is 2.32. The summed E-state index contributed by atoms with van der Waals surface area (Å²) in [6, 6.07) is 16.8. The number of benzene rings is 3. The second-order valence-electron chi connectivity index (χ2n) is 6.85. The quantitative estimate of drug-likeness (QED) is 0.385. The number of carbonyl (C=O) groups excluding carboxylic acids is 2. The number of para-hydroxylation sites is 1. The van der Waals surface area contributed by atoms with Crippen LogP contribution in [0.15, 0.2) is 73.3 Å². The van der Waals surface area contributed by atoms with Gasteiger partial charge in [-0.15, -0.1) is 0 Å². The van der Waals surface area contributed by atoms with Crippen molar-refractivity contribution in [1.82, 2.24) is 10.2 Å². The summed E-state index contributed by atoms with van der Waals surface area (Å²) in [6.45, 7) is 3.41. The van der Waals surface area contributed by atoms with E-state index in [0.717, 1.165) is 6.08 Å². The second kappa shape index (κ2) is 8.73. The number of H-pyrrole nitrogens is 1. The standard InChI is InChI=1S/C24H19FN4O3/c1-3-21(30)26-18-9-5-4-7-17(18)24(31)27-23-16-12-11-14(13-19(16)28-29-23)15-8-6-10-20(32-2)22(15)25/h3-13H,1H2,2H3,(H,26,30)(H2,27,28,29,31). The third kappa shape index (κ3) is 3.93. The predicted octanol–water partition coefficient (Wildman–Crippen LogP) is 4.75. The molecule has 0 saturated heterocycles. The summed E-state index contributed by atoms with van der Waals surface area (Å²) in [7, 11) is 1.41. The van der Waals surface area contributed by atoms with Crippen LogP contribution in [0.3, 0.4) is 0 Å². The van der Waals surface area contributed by atoms with Crippen LogP contribution in [-0.2, 0) is 4.79 Å². The lowest BCUT2D eigenvalue weighted by Crippen LogP contribution is -2.17. The molecule has 8 heteroatoms. The third-order valence-electron chi connectivity index (χ3n) is 4.90. The number of nitrogens with zero attached hydrogens (tertiary/aromatic N) is 1. The van der Waals surface area contributed by atoms with Crippen molar-refractivity contribution in [3.8, 4) is 16.9 Å². The average Bonchev–Trinajstić information content (AvgIpc) is 3.21. The lowest BCUT2D eigenvalue weighted by atomic mass is 10.0. The maximum atomic E-state index is 14.6. The summed E-state index contributed by atoms with van der Waals surface area (Å²) in [6.07, 6.45) is 1.12. The molecule has 4 aromatic rings. The van der Waals surface area contributed by atoms with Gasteiger partial charge in [0.05, 0.1) is 23.9 Å². The van der Waals surface area contributed by atoms with Crippen molar-refractivity contribution in [3.05, 3.63) is 84.7 Å². The summed E-state index contributed by atoms with van der Waals surface area (Å²) >= 11 is 0. The van der Waals surface area contributed by atoms with Crippen LogP contribution in [0.2, 0.25) is 0 Å². The fraction of sp³-hybridized carbons (Fsp3) is 0.0417. The van der Waals surface area contributed by atoms with Crippen LogP contribution < -0.4 is 15.4 Å². The van der Waals surface area contributed by atoms with Gasteiger partial charge in [-0.2, -0.15) is 5.10 Å². The first-order valence-electron chi connectivity index (χ1n) is 9.66. The van der Waals surface area contributed by atoms with Crippen LogP contribution >= 0.6 is 0 Å². The normalized spacial score (nSPS) is 10.6. The molecule has 0 radical (unpaired) electrons. The summed E-state index contributed by atoms with van der Waals surface area (Å²) in [5, 5.41) is 13.0. The van der Waals surface area contributed by atoms with Gasteiger partial charge >= 0.3 is 0 Å². The minimum atomic E-state index is -0.458. The fourth-order valence-electron chi connectivity index (χ4n) is 3.32. The van der Waals surface area contributed by atoms with E-state index < -0.39 is 17.6 Å². The van der Waals surface area contributed by atoms with Crippen LogP contribution in [0.25, 0.3) is 22.0 Å². The van der Waals surface area contributed by atoms with Gasteiger partial charge in [-0.1, -0.05) is 36.9 Å². The molecular formula is C24H19FN4O3. The number of carbonyl (C=O) groups is 2. The van der Waals surface area contributed by atoms with Gasteiger partial charge in [0, 0.05) is 10.9 Å². The highest BCUT2D eigenvalue weighted by molar-refractivity contribution is 6.13. The van der Waals surface area contributed by atoms with Gasteiger partial charge in [0.25, 0.3) is 5.91 Å². The molecule has 3 N–H and O–H groups in total. The van der Waals surface area contributed by atoms with E-state index >= 15 is 0 Å². The Kier molecular flexibility index (Phi) is 5.67. The Morgan fingerprint density at radius 3 is 2.69 bits per heavy atom. The molecule has 0 bridgehead atoms. The van der Waals surface area contributed by atoms with Crippen LogP contribution in [-0.4, -0.2) is 29.1 Å². The van der Waals surface area contributed by atoms with Crippen LogP contribution in [0.1, 0.15) is 10.4 Å². The molecule has 32 heavy (non-hydrogen) atoms. The van der Waals surface area contributed by atoms with E-state index in [1.165, 1.54) is 7.11 Å². The number of methoxy groups -OCH3 is 1. The number of anilines is 2. The minimum Gasteiger partial charge on any atom is -0.494 e. The van der Waals surface area contributed by atoms with Crippen molar-refractivity contribution < 1.29 is 18.7 Å². The number of amides is 2. The Labute approximate surface area is 182 Å². The van der Waals surface area contributed by atoms with E-state index in [4.69, 9.17) is 4.74 Å². The molecule has 0 spiro atoms. The Morgan fingerprint density at radius 2 is 1.91 bits per heavy atom. The number of halogens is 1. The minimum absolute atomic E-state index is 0.155. The highest BCUT2D eigenvalue weighted by Gasteiger charge is 2.17. The third-order valence-corrected chi connectivity index (χ3v) is 4.90. The number of hydrogen-bond donors (Lipinski definition) is 3. The molecule has 160 valence electrons. The van der Waals surface area contributed by atoms with Crippen LogP contribution in [0.4, 0.5) is 15.9 Å². The molecule has 0 unspecified atom stereocenters. The van der Waals surface area contributed by atoms with E-state index in [2.05, 4.69) is 27.4 Å². The number of rotatable bonds is 6. The maximum Gasteiger partial charge on any atom is 0.258 e. The van der Waals surface area contributed by atoms with Gasteiger partial charge in [-0.05, 0) is 42.0 Å². The maximum absolute atomic E-state index is 14.6. The van der Waals surface area contributed by atoms with Gasteiger partial charge in [0.15, 0.2) is 17.4 Å². The zero-order valence-corrected chi connectivity index (χ0v) is 17.1. The van der Waals surface area contributed by atoms with Gasteiger partial charge in [-0.3, -0.25) is 14.7 Å². The first kappa shape index (κ1) is 20.8. The van der Waals surface area contributed by atoms with Gasteiger partial charge in [-0.25, -0.2) is 4.39 Å². The van der Waals surface area contributed by atoms with Crippen LogP contribution in [0, 0.1) is 5.82 Å². The van der Waals surface area contributed by atoms with E-state index in [0.29, 0.717) is 33.5 Å². The summed E-state index contributed by atoms with van der Waals surface area (Å²) < 4.78 is 19.7. The number of aromatic amines is 1. The molecule has 7 nitrogen and oxygen atoms in total. The number of fused-ring (bicyclic) bond motifs is 1. The molecule has 3 aromatic carbocycles. The monoisotopic (exact) mass is 430 g/mol. The van der Waals surface area contributed by atoms with Crippen LogP contribution in [0.5, 0.6) is 5.75 Å². The van der Waals surface area contributed by atoms with Gasteiger partial charge < -0.3 is 15.4 Å². The molecule has 0 fully saturated rings. The largest absolute Gasteiger partial charge is 0.494 e. The van der Waals surface area contributed by atoms with E-state index in [9.17, 15) is 14.0 Å². The van der Waals surface area contributed by atoms with E-state index in [1.807, 2.05) is 0 Å². The Balaban J connectivity index is 1.63. The Bertz CT molecular complexity index is 1350.